The predicted octanol–water partition coefficient (Wildman–Crippen LogP) is 3.76. The minimum atomic E-state index is -4.19. The Balaban J connectivity index is 1.38. The summed E-state index contributed by atoms with van der Waals surface area (Å²) in [6.07, 6.45) is 1.58. The lowest BCUT2D eigenvalue weighted by molar-refractivity contribution is 0.0870. The third-order valence-corrected chi connectivity index (χ3v) is 8.09. The molecular weight excluding hydrogens is 535 g/mol. The van der Waals surface area contributed by atoms with E-state index in [2.05, 4.69) is 29.8 Å². The van der Waals surface area contributed by atoms with Crippen LogP contribution in [0.3, 0.4) is 0 Å². The SMILES string of the molecule is Cc1n[nH]c2nc(-c3ccc(NS(=O)(=O)c4cccc(Cl)c4F)cc3)nc(OC3CCN(CCO)CC3)c12. The molecule has 0 atom stereocenters. The number of hydrogen-bond donors (Lipinski definition) is 3. The number of β-amino-alcohol motifs (C(OH)–C–C–N with tert-alkyl or cyclic N) is 1. The molecule has 0 spiro atoms. The number of aromatic amines is 1. The molecule has 13 heteroatoms. The minimum Gasteiger partial charge on any atom is -0.474 e. The molecular formula is C25H26ClFN6O4S. The van der Waals surface area contributed by atoms with Gasteiger partial charge in [0.15, 0.2) is 17.3 Å². The lowest BCUT2D eigenvalue weighted by atomic mass is 10.1. The number of nitrogens with one attached hydrogen (secondary N) is 2. The van der Waals surface area contributed by atoms with Crippen molar-refractivity contribution in [3.8, 4) is 17.3 Å². The fraction of sp³-hybridized carbons (Fsp3) is 0.320. The smallest absolute Gasteiger partial charge is 0.264 e. The molecule has 0 bridgehead atoms. The molecule has 1 aliphatic rings. The standard InChI is InChI=1S/C25H26ClFN6O4S/c1-15-21-24(31-30-15)28-23(29-25(21)37-18-9-11-33(12-10-18)13-14-34)16-5-7-17(8-6-16)32-38(35,36)20-4-2-3-19(26)22(20)27/h2-8,18,32,34H,9-14H2,1H3,(H,28,29,30,31). The molecule has 3 N–H and O–H groups in total. The summed E-state index contributed by atoms with van der Waals surface area (Å²) < 4.78 is 48.3. The molecule has 2 aromatic carbocycles. The largest absolute Gasteiger partial charge is 0.474 e. The van der Waals surface area contributed by atoms with Crippen molar-refractivity contribution in [3.63, 3.8) is 0 Å². The van der Waals surface area contributed by atoms with Crippen molar-refractivity contribution in [2.24, 2.45) is 0 Å². The van der Waals surface area contributed by atoms with Crippen LogP contribution in [0.15, 0.2) is 47.4 Å². The quantitative estimate of drug-likeness (QED) is 0.297. The van der Waals surface area contributed by atoms with Gasteiger partial charge in [0.1, 0.15) is 16.4 Å². The second kappa shape index (κ2) is 10.8. The van der Waals surface area contributed by atoms with Crippen molar-refractivity contribution < 1.29 is 22.7 Å². The number of sulfonamides is 1. The van der Waals surface area contributed by atoms with Crippen molar-refractivity contribution in [1.82, 2.24) is 25.1 Å². The highest BCUT2D eigenvalue weighted by Gasteiger charge is 2.24. The molecule has 0 saturated carbocycles. The Morgan fingerprint density at radius 1 is 1.18 bits per heavy atom. The first-order valence-electron chi connectivity index (χ1n) is 12.0. The molecule has 3 heterocycles. The predicted molar refractivity (Wildman–Crippen MR) is 141 cm³/mol. The summed E-state index contributed by atoms with van der Waals surface area (Å²) in [5.74, 6) is -0.205. The van der Waals surface area contributed by atoms with E-state index < -0.39 is 20.7 Å². The van der Waals surface area contributed by atoms with Gasteiger partial charge in [0.2, 0.25) is 5.88 Å². The Labute approximate surface area is 223 Å². The van der Waals surface area contributed by atoms with E-state index in [1.165, 1.54) is 12.1 Å². The maximum absolute atomic E-state index is 14.3. The molecule has 1 fully saturated rings. The molecule has 38 heavy (non-hydrogen) atoms. The molecule has 0 aliphatic carbocycles. The first-order valence-corrected chi connectivity index (χ1v) is 13.9. The van der Waals surface area contributed by atoms with Gasteiger partial charge in [-0.25, -0.2) is 17.8 Å². The molecule has 10 nitrogen and oxygen atoms in total. The summed E-state index contributed by atoms with van der Waals surface area (Å²) in [4.78, 5) is 10.9. The number of aliphatic hydroxyl groups is 1. The number of fused-ring (bicyclic) bond motifs is 1. The van der Waals surface area contributed by atoms with Gasteiger partial charge in [-0.2, -0.15) is 10.1 Å². The van der Waals surface area contributed by atoms with Gasteiger partial charge in [-0.05, 0) is 56.2 Å². The molecule has 0 unspecified atom stereocenters. The average Bonchev–Trinajstić information content (AvgIpc) is 3.28. The van der Waals surface area contributed by atoms with Crippen molar-refractivity contribution in [3.05, 3.63) is 59.0 Å². The van der Waals surface area contributed by atoms with Crippen LogP contribution in [0.4, 0.5) is 10.1 Å². The number of anilines is 1. The summed E-state index contributed by atoms with van der Waals surface area (Å²) >= 11 is 5.74. The Hall–Kier alpha value is -3.32. The summed E-state index contributed by atoms with van der Waals surface area (Å²) in [5.41, 5.74) is 2.11. The van der Waals surface area contributed by atoms with Gasteiger partial charge in [0.25, 0.3) is 10.0 Å². The van der Waals surface area contributed by atoms with Crippen LogP contribution >= 0.6 is 11.6 Å². The molecule has 1 aliphatic heterocycles. The van der Waals surface area contributed by atoms with E-state index in [0.29, 0.717) is 34.8 Å². The number of rotatable bonds is 8. The molecule has 200 valence electrons. The molecule has 0 amide bonds. The first-order chi connectivity index (χ1) is 18.2. The van der Waals surface area contributed by atoms with Crippen molar-refractivity contribution in [2.75, 3.05) is 31.0 Å². The Morgan fingerprint density at radius 2 is 1.92 bits per heavy atom. The number of nitrogens with zero attached hydrogens (tertiary/aromatic N) is 4. The van der Waals surface area contributed by atoms with E-state index in [1.807, 2.05) is 6.92 Å². The number of aryl methyl sites for hydroxylation is 1. The fourth-order valence-corrected chi connectivity index (χ4v) is 5.78. The third-order valence-electron chi connectivity index (χ3n) is 6.40. The zero-order valence-corrected chi connectivity index (χ0v) is 22.1. The van der Waals surface area contributed by atoms with Gasteiger partial charge < -0.3 is 14.7 Å². The van der Waals surface area contributed by atoms with E-state index in [1.54, 1.807) is 24.3 Å². The van der Waals surface area contributed by atoms with Gasteiger partial charge >= 0.3 is 0 Å². The molecule has 1 saturated heterocycles. The lowest BCUT2D eigenvalue weighted by Gasteiger charge is -2.31. The molecule has 5 rings (SSSR count). The number of H-pyrrole nitrogens is 1. The van der Waals surface area contributed by atoms with Crippen LogP contribution in [0.1, 0.15) is 18.5 Å². The van der Waals surface area contributed by atoms with Crippen molar-refractivity contribution in [2.45, 2.75) is 30.8 Å². The zero-order valence-electron chi connectivity index (χ0n) is 20.5. The second-order valence-corrected chi connectivity index (χ2v) is 11.1. The van der Waals surface area contributed by atoms with Crippen LogP contribution in [0.25, 0.3) is 22.4 Å². The Morgan fingerprint density at radius 3 is 2.63 bits per heavy atom. The normalized spacial score (nSPS) is 15.2. The highest BCUT2D eigenvalue weighted by molar-refractivity contribution is 7.92. The minimum absolute atomic E-state index is 0.0335. The zero-order chi connectivity index (χ0) is 26.9. The van der Waals surface area contributed by atoms with E-state index in [0.717, 1.165) is 37.7 Å². The Kier molecular flexibility index (Phi) is 7.48. The van der Waals surface area contributed by atoms with Crippen LogP contribution in [-0.2, 0) is 10.0 Å². The lowest BCUT2D eigenvalue weighted by Crippen LogP contribution is -2.39. The summed E-state index contributed by atoms with van der Waals surface area (Å²) in [7, 11) is -4.19. The average molecular weight is 561 g/mol. The fourth-order valence-electron chi connectivity index (χ4n) is 4.39. The van der Waals surface area contributed by atoms with Crippen molar-refractivity contribution >= 4 is 38.3 Å². The number of halogens is 2. The highest BCUT2D eigenvalue weighted by Crippen LogP contribution is 2.31. The Bertz CT molecular complexity index is 1560. The van der Waals surface area contributed by atoms with Crippen molar-refractivity contribution in [1.29, 1.82) is 0 Å². The number of likely N-dealkylation sites (tertiary alicyclic amines) is 1. The summed E-state index contributed by atoms with van der Waals surface area (Å²) in [6, 6.07) is 10.2. The topological polar surface area (TPSA) is 133 Å². The van der Waals surface area contributed by atoms with Gasteiger partial charge in [0, 0.05) is 30.9 Å². The first kappa shape index (κ1) is 26.3. The van der Waals surface area contributed by atoms with Gasteiger partial charge in [-0.3, -0.25) is 9.82 Å². The highest BCUT2D eigenvalue weighted by atomic mass is 35.5. The van der Waals surface area contributed by atoms with Crippen LogP contribution in [0.5, 0.6) is 5.88 Å². The molecule has 2 aromatic heterocycles. The number of piperidine rings is 1. The maximum Gasteiger partial charge on any atom is 0.264 e. The second-order valence-electron chi connectivity index (χ2n) is 9.00. The van der Waals surface area contributed by atoms with E-state index in [9.17, 15) is 17.9 Å². The van der Waals surface area contributed by atoms with Gasteiger partial charge in [0.05, 0.1) is 17.3 Å². The molecule has 4 aromatic rings. The van der Waals surface area contributed by atoms with Crippen LogP contribution in [0, 0.1) is 12.7 Å². The van der Waals surface area contributed by atoms with Crippen LogP contribution in [-0.4, -0.2) is 70.9 Å². The monoisotopic (exact) mass is 560 g/mol. The summed E-state index contributed by atoms with van der Waals surface area (Å²) in [6.45, 7) is 4.28. The number of benzene rings is 2. The van der Waals surface area contributed by atoms with E-state index in [-0.39, 0.29) is 23.4 Å². The summed E-state index contributed by atoms with van der Waals surface area (Å²) in [5, 5.41) is 16.8. The van der Waals surface area contributed by atoms with E-state index in [4.69, 9.17) is 16.3 Å². The van der Waals surface area contributed by atoms with Crippen LogP contribution in [0.2, 0.25) is 5.02 Å². The number of aliphatic hydroxyl groups excluding tert-OH is 1. The number of aromatic nitrogens is 4. The third kappa shape index (κ3) is 5.44. The maximum atomic E-state index is 14.3. The van der Waals surface area contributed by atoms with E-state index >= 15 is 0 Å². The number of ether oxygens (including phenoxy) is 1. The molecule has 0 radical (unpaired) electrons. The number of hydrogen-bond acceptors (Lipinski definition) is 8. The van der Waals surface area contributed by atoms with Gasteiger partial charge in [-0.15, -0.1) is 0 Å². The van der Waals surface area contributed by atoms with Gasteiger partial charge in [-0.1, -0.05) is 17.7 Å². The van der Waals surface area contributed by atoms with Crippen LogP contribution < -0.4 is 9.46 Å².